The van der Waals surface area contributed by atoms with Gasteiger partial charge in [0.15, 0.2) is 0 Å². The van der Waals surface area contributed by atoms with Gasteiger partial charge >= 0.3 is 0 Å². The molecule has 0 rings (SSSR count). The highest BCUT2D eigenvalue weighted by molar-refractivity contribution is 6.64. The second kappa shape index (κ2) is 4.76. The molecule has 0 unspecified atom stereocenters. The summed E-state index contributed by atoms with van der Waals surface area (Å²) in [5.41, 5.74) is -0.240. The van der Waals surface area contributed by atoms with Gasteiger partial charge in [0.25, 0.3) is 0 Å². The van der Waals surface area contributed by atoms with E-state index >= 15 is 0 Å². The molecule has 0 spiro atoms. The monoisotopic (exact) mass is 176 g/mol. The maximum Gasteiger partial charge on any atom is 0.227 e. The van der Waals surface area contributed by atoms with E-state index in [0.29, 0.717) is 0 Å². The molecule has 0 atom stereocenters. The summed E-state index contributed by atoms with van der Waals surface area (Å²) in [6, 6.07) is 0. The summed E-state index contributed by atoms with van der Waals surface area (Å²) in [4.78, 5) is 11.1. The van der Waals surface area contributed by atoms with E-state index in [4.69, 9.17) is 11.6 Å². The summed E-state index contributed by atoms with van der Waals surface area (Å²) in [5.74, 6) is 0. The van der Waals surface area contributed by atoms with Gasteiger partial charge in [-0.3, -0.25) is 4.79 Å². The van der Waals surface area contributed by atoms with Gasteiger partial charge in [0.2, 0.25) is 5.24 Å². The topological polar surface area (TPSA) is 17.1 Å². The molecule has 0 heterocycles. The van der Waals surface area contributed by atoms with E-state index in [-0.39, 0.29) is 10.7 Å². The fourth-order valence-corrected chi connectivity index (χ4v) is 1.82. The fourth-order valence-electron chi connectivity index (χ4n) is 1.46. The number of carbonyl (C=O) groups is 1. The first kappa shape index (κ1) is 11.0. The van der Waals surface area contributed by atoms with Crippen molar-refractivity contribution in [1.82, 2.24) is 0 Å². The standard InChI is InChI=1S/C9H17ClO/c1-4-7-9(5-2,6-3)8(10)11/h4-7H2,1-3H3. The lowest BCUT2D eigenvalue weighted by atomic mass is 9.80. The molecule has 0 aliphatic carbocycles. The summed E-state index contributed by atoms with van der Waals surface area (Å²) < 4.78 is 0. The molecule has 0 bridgehead atoms. The largest absolute Gasteiger partial charge is 0.281 e. The molecule has 0 aromatic carbocycles. The van der Waals surface area contributed by atoms with Crippen LogP contribution in [0.4, 0.5) is 0 Å². The van der Waals surface area contributed by atoms with Crippen LogP contribution in [0.15, 0.2) is 0 Å². The van der Waals surface area contributed by atoms with E-state index in [1.807, 2.05) is 13.8 Å². The van der Waals surface area contributed by atoms with Crippen LogP contribution in [-0.2, 0) is 4.79 Å². The van der Waals surface area contributed by atoms with Crippen molar-refractivity contribution in [2.45, 2.75) is 46.5 Å². The molecule has 0 N–H and O–H groups in total. The molecular weight excluding hydrogens is 160 g/mol. The molecule has 0 aromatic rings. The molecule has 11 heavy (non-hydrogen) atoms. The molecular formula is C9H17ClO. The van der Waals surface area contributed by atoms with E-state index in [0.717, 1.165) is 25.7 Å². The van der Waals surface area contributed by atoms with Crippen LogP contribution in [0.25, 0.3) is 0 Å². The Kier molecular flexibility index (Phi) is 4.74. The third-order valence-corrected chi connectivity index (χ3v) is 2.90. The van der Waals surface area contributed by atoms with Gasteiger partial charge in [-0.1, -0.05) is 27.2 Å². The Morgan fingerprint density at radius 1 is 1.27 bits per heavy atom. The number of rotatable bonds is 5. The van der Waals surface area contributed by atoms with Gasteiger partial charge < -0.3 is 0 Å². The molecule has 0 saturated carbocycles. The first-order chi connectivity index (χ1) is 5.13. The zero-order chi connectivity index (χ0) is 8.91. The number of carbonyl (C=O) groups excluding carboxylic acids is 1. The molecule has 1 nitrogen and oxygen atoms in total. The minimum atomic E-state index is -0.240. The van der Waals surface area contributed by atoms with Crippen LogP contribution in [0.3, 0.4) is 0 Å². The molecule has 0 fully saturated rings. The van der Waals surface area contributed by atoms with Crippen molar-refractivity contribution in [3.05, 3.63) is 0 Å². The lowest BCUT2D eigenvalue weighted by Crippen LogP contribution is -2.25. The van der Waals surface area contributed by atoms with Crippen LogP contribution in [0, 0.1) is 5.41 Å². The van der Waals surface area contributed by atoms with E-state index in [1.54, 1.807) is 0 Å². The van der Waals surface area contributed by atoms with Gasteiger partial charge in [0.05, 0.1) is 0 Å². The number of halogens is 1. The Morgan fingerprint density at radius 2 is 1.73 bits per heavy atom. The first-order valence-corrected chi connectivity index (χ1v) is 4.70. The third-order valence-electron chi connectivity index (χ3n) is 2.50. The first-order valence-electron chi connectivity index (χ1n) is 4.33. The van der Waals surface area contributed by atoms with Crippen LogP contribution in [0.1, 0.15) is 46.5 Å². The molecule has 66 valence electrons. The van der Waals surface area contributed by atoms with E-state index in [2.05, 4.69) is 6.92 Å². The summed E-state index contributed by atoms with van der Waals surface area (Å²) >= 11 is 5.54. The lowest BCUT2D eigenvalue weighted by molar-refractivity contribution is -0.121. The van der Waals surface area contributed by atoms with Gasteiger partial charge in [-0.25, -0.2) is 0 Å². The molecule has 2 heteroatoms. The normalized spacial score (nSPS) is 11.6. The van der Waals surface area contributed by atoms with Gasteiger partial charge in [0, 0.05) is 5.41 Å². The van der Waals surface area contributed by atoms with Crippen LogP contribution >= 0.6 is 11.6 Å². The van der Waals surface area contributed by atoms with Gasteiger partial charge in [0.1, 0.15) is 0 Å². The maximum atomic E-state index is 11.1. The maximum absolute atomic E-state index is 11.1. The van der Waals surface area contributed by atoms with Crippen LogP contribution in [0.5, 0.6) is 0 Å². The third kappa shape index (κ3) is 2.48. The average molecular weight is 177 g/mol. The number of hydrogen-bond acceptors (Lipinski definition) is 1. The summed E-state index contributed by atoms with van der Waals surface area (Å²) in [7, 11) is 0. The Bertz CT molecular complexity index is 128. The highest BCUT2D eigenvalue weighted by atomic mass is 35.5. The van der Waals surface area contributed by atoms with Crippen molar-refractivity contribution in [2.75, 3.05) is 0 Å². The Hall–Kier alpha value is -0.0400. The molecule has 0 aliphatic heterocycles. The van der Waals surface area contributed by atoms with Gasteiger partial charge in [-0.2, -0.15) is 0 Å². The van der Waals surface area contributed by atoms with E-state index < -0.39 is 0 Å². The predicted molar refractivity (Wildman–Crippen MR) is 48.8 cm³/mol. The number of hydrogen-bond donors (Lipinski definition) is 0. The predicted octanol–water partition coefficient (Wildman–Crippen LogP) is 3.36. The second-order valence-corrected chi connectivity index (χ2v) is 3.35. The van der Waals surface area contributed by atoms with Crippen molar-refractivity contribution >= 4 is 16.8 Å². The highest BCUT2D eigenvalue weighted by Crippen LogP contribution is 2.34. The van der Waals surface area contributed by atoms with Crippen LogP contribution < -0.4 is 0 Å². The second-order valence-electron chi connectivity index (χ2n) is 3.01. The SMILES string of the molecule is CCCC(CC)(CC)C(=O)Cl. The minimum absolute atomic E-state index is 0.163. The van der Waals surface area contributed by atoms with Crippen LogP contribution in [-0.4, -0.2) is 5.24 Å². The van der Waals surface area contributed by atoms with Crippen molar-refractivity contribution in [1.29, 1.82) is 0 Å². The summed E-state index contributed by atoms with van der Waals surface area (Å²) in [6.45, 7) is 6.14. The van der Waals surface area contributed by atoms with Crippen LogP contribution in [0.2, 0.25) is 0 Å². The zero-order valence-electron chi connectivity index (χ0n) is 7.61. The average Bonchev–Trinajstić information content (AvgIpc) is 2.00. The fraction of sp³-hybridized carbons (Fsp3) is 0.889. The zero-order valence-corrected chi connectivity index (χ0v) is 8.37. The van der Waals surface area contributed by atoms with E-state index in [9.17, 15) is 4.79 Å². The van der Waals surface area contributed by atoms with Crippen molar-refractivity contribution in [2.24, 2.45) is 5.41 Å². The minimum Gasteiger partial charge on any atom is -0.281 e. The highest BCUT2D eigenvalue weighted by Gasteiger charge is 2.31. The lowest BCUT2D eigenvalue weighted by Gasteiger charge is -2.26. The Morgan fingerprint density at radius 3 is 1.82 bits per heavy atom. The smallest absolute Gasteiger partial charge is 0.227 e. The molecule has 0 saturated heterocycles. The molecule has 0 radical (unpaired) electrons. The van der Waals surface area contributed by atoms with E-state index in [1.165, 1.54) is 0 Å². The molecule has 0 aliphatic rings. The summed E-state index contributed by atoms with van der Waals surface area (Å²) in [6.07, 6.45) is 3.67. The molecule has 0 amide bonds. The Labute approximate surface area is 74.1 Å². The van der Waals surface area contributed by atoms with Gasteiger partial charge in [-0.05, 0) is 30.9 Å². The molecule has 0 aromatic heterocycles. The van der Waals surface area contributed by atoms with Crippen molar-refractivity contribution in [3.63, 3.8) is 0 Å². The van der Waals surface area contributed by atoms with Crippen molar-refractivity contribution in [3.8, 4) is 0 Å². The van der Waals surface area contributed by atoms with Crippen molar-refractivity contribution < 1.29 is 4.79 Å². The Balaban J connectivity index is 4.32. The quantitative estimate of drug-likeness (QED) is 0.588. The van der Waals surface area contributed by atoms with Gasteiger partial charge in [-0.15, -0.1) is 0 Å². The summed E-state index contributed by atoms with van der Waals surface area (Å²) in [5, 5.41) is -0.163.